The zero-order valence-electron chi connectivity index (χ0n) is 17.4. The van der Waals surface area contributed by atoms with E-state index in [1.807, 2.05) is 30.3 Å². The first-order chi connectivity index (χ1) is 15.6. The average molecular weight is 423 g/mol. The lowest BCUT2D eigenvalue weighted by molar-refractivity contribution is 0.186. The van der Waals surface area contributed by atoms with Crippen LogP contribution in [0.1, 0.15) is 23.1 Å². The lowest BCUT2D eigenvalue weighted by Crippen LogP contribution is -2.11. The number of nitrogens with zero attached hydrogens (tertiary/aromatic N) is 4. The molecule has 4 rings (SSSR count). The Balaban J connectivity index is 1.73. The van der Waals surface area contributed by atoms with Crippen molar-refractivity contribution >= 4 is 0 Å². The molecule has 2 heterocycles. The highest BCUT2D eigenvalue weighted by molar-refractivity contribution is 5.69. The Kier molecular flexibility index (Phi) is 6.17. The zero-order valence-corrected chi connectivity index (χ0v) is 17.4. The van der Waals surface area contributed by atoms with E-state index in [0.717, 1.165) is 11.3 Å². The first-order valence-electron chi connectivity index (χ1n) is 10.0. The molecule has 2 aromatic heterocycles. The van der Waals surface area contributed by atoms with Gasteiger partial charge in [0.1, 0.15) is 11.6 Å². The molecule has 7 nitrogen and oxygen atoms in total. The number of hydrogen-bond donors (Lipinski definition) is 2. The lowest BCUT2D eigenvalue weighted by atomic mass is 10.1. The Morgan fingerprint density at radius 2 is 1.84 bits per heavy atom. The van der Waals surface area contributed by atoms with Gasteiger partial charge in [-0.1, -0.05) is 36.4 Å². The van der Waals surface area contributed by atoms with Crippen LogP contribution in [-0.4, -0.2) is 26.6 Å². The number of rotatable bonds is 6. The van der Waals surface area contributed by atoms with E-state index in [2.05, 4.69) is 21.0 Å². The fourth-order valence-electron chi connectivity index (χ4n) is 3.25. The standard InChI is InChI=1S/C25H21N5O2/c1-16-29-22(18-5-3-2-4-6-18)12-25(30-16)32-24-11-17(13-26)7-9-20(24)21-10-8-19(15-28-21)23(31)14-27/h2-12,15,23,31H,14,27H2,1H3/t23-/m1/s1. The van der Waals surface area contributed by atoms with E-state index >= 15 is 0 Å². The molecule has 0 saturated carbocycles. The van der Waals surface area contributed by atoms with E-state index in [-0.39, 0.29) is 6.54 Å². The van der Waals surface area contributed by atoms with Gasteiger partial charge in [-0.3, -0.25) is 4.98 Å². The Morgan fingerprint density at radius 3 is 2.53 bits per heavy atom. The van der Waals surface area contributed by atoms with Crippen LogP contribution < -0.4 is 10.5 Å². The maximum Gasteiger partial charge on any atom is 0.223 e. The van der Waals surface area contributed by atoms with E-state index in [9.17, 15) is 10.4 Å². The van der Waals surface area contributed by atoms with Crippen LogP contribution in [-0.2, 0) is 0 Å². The van der Waals surface area contributed by atoms with Gasteiger partial charge in [0.2, 0.25) is 5.88 Å². The predicted octanol–water partition coefficient (Wildman–Crippen LogP) is 4.17. The van der Waals surface area contributed by atoms with Gasteiger partial charge in [0.05, 0.1) is 29.1 Å². The van der Waals surface area contributed by atoms with Gasteiger partial charge in [0.15, 0.2) is 0 Å². The maximum atomic E-state index is 9.91. The van der Waals surface area contributed by atoms with Gasteiger partial charge >= 0.3 is 0 Å². The lowest BCUT2D eigenvalue weighted by Gasteiger charge is -2.13. The number of pyridine rings is 1. The van der Waals surface area contributed by atoms with Crippen LogP contribution in [0.3, 0.4) is 0 Å². The van der Waals surface area contributed by atoms with Crippen LogP contribution in [0.5, 0.6) is 11.6 Å². The minimum absolute atomic E-state index is 0.114. The van der Waals surface area contributed by atoms with Gasteiger partial charge in [-0.05, 0) is 31.2 Å². The zero-order chi connectivity index (χ0) is 22.5. The van der Waals surface area contributed by atoms with Gasteiger partial charge in [0.25, 0.3) is 0 Å². The summed E-state index contributed by atoms with van der Waals surface area (Å²) in [6, 6.07) is 22.3. The monoisotopic (exact) mass is 423 g/mol. The van der Waals surface area contributed by atoms with Crippen molar-refractivity contribution in [2.45, 2.75) is 13.0 Å². The van der Waals surface area contributed by atoms with E-state index in [1.165, 1.54) is 0 Å². The summed E-state index contributed by atoms with van der Waals surface area (Å²) in [6.45, 7) is 1.91. The van der Waals surface area contributed by atoms with Crippen molar-refractivity contribution in [3.63, 3.8) is 0 Å². The molecule has 0 bridgehead atoms. The van der Waals surface area contributed by atoms with Crippen molar-refractivity contribution < 1.29 is 9.84 Å². The largest absolute Gasteiger partial charge is 0.438 e. The van der Waals surface area contributed by atoms with Gasteiger partial charge < -0.3 is 15.6 Å². The van der Waals surface area contributed by atoms with E-state index < -0.39 is 6.10 Å². The molecule has 158 valence electrons. The molecule has 0 unspecified atom stereocenters. The van der Waals surface area contributed by atoms with Crippen molar-refractivity contribution in [2.75, 3.05) is 6.54 Å². The number of nitrogens with two attached hydrogens (primary N) is 1. The Morgan fingerprint density at radius 1 is 1.03 bits per heavy atom. The molecule has 1 atom stereocenters. The second-order valence-corrected chi connectivity index (χ2v) is 7.16. The smallest absolute Gasteiger partial charge is 0.223 e. The molecule has 0 saturated heterocycles. The van der Waals surface area contributed by atoms with E-state index in [1.54, 1.807) is 49.5 Å². The minimum atomic E-state index is -0.770. The van der Waals surface area contributed by atoms with E-state index in [4.69, 9.17) is 10.5 Å². The first kappa shape index (κ1) is 21.1. The van der Waals surface area contributed by atoms with E-state index in [0.29, 0.717) is 39.8 Å². The van der Waals surface area contributed by atoms with Crippen molar-refractivity contribution in [3.05, 3.63) is 89.9 Å². The number of hydrogen-bond acceptors (Lipinski definition) is 7. The van der Waals surface area contributed by atoms with Crippen molar-refractivity contribution in [1.29, 1.82) is 5.26 Å². The normalized spacial score (nSPS) is 11.6. The number of ether oxygens (including phenoxy) is 1. The van der Waals surface area contributed by atoms with Crippen LogP contribution in [0.4, 0.5) is 0 Å². The highest BCUT2D eigenvalue weighted by atomic mass is 16.5. The van der Waals surface area contributed by atoms with Crippen molar-refractivity contribution in [3.8, 4) is 40.2 Å². The number of nitriles is 1. The Labute approximate surface area is 185 Å². The molecule has 7 heteroatoms. The van der Waals surface area contributed by atoms with Crippen molar-refractivity contribution in [2.24, 2.45) is 5.73 Å². The summed E-state index contributed by atoms with van der Waals surface area (Å²) in [4.78, 5) is 13.4. The summed E-state index contributed by atoms with van der Waals surface area (Å²) >= 11 is 0. The molecule has 0 amide bonds. The molecular weight excluding hydrogens is 402 g/mol. The fourth-order valence-corrected chi connectivity index (χ4v) is 3.25. The quantitative estimate of drug-likeness (QED) is 0.478. The van der Waals surface area contributed by atoms with Crippen LogP contribution in [0.25, 0.3) is 22.5 Å². The van der Waals surface area contributed by atoms with Gasteiger partial charge in [-0.2, -0.15) is 10.2 Å². The molecule has 0 radical (unpaired) electrons. The molecular formula is C25H21N5O2. The number of aliphatic hydroxyl groups excluding tert-OH is 1. The average Bonchev–Trinajstić information content (AvgIpc) is 2.84. The fraction of sp³-hybridized carbons (Fsp3) is 0.120. The molecule has 2 aromatic carbocycles. The molecule has 0 aliphatic heterocycles. The van der Waals surface area contributed by atoms with Crippen molar-refractivity contribution in [1.82, 2.24) is 15.0 Å². The number of aromatic nitrogens is 3. The molecule has 3 N–H and O–H groups in total. The second kappa shape index (κ2) is 9.35. The van der Waals surface area contributed by atoms with Crippen LogP contribution >= 0.6 is 0 Å². The summed E-state index contributed by atoms with van der Waals surface area (Å²) < 4.78 is 6.14. The summed E-state index contributed by atoms with van der Waals surface area (Å²) in [7, 11) is 0. The third-order valence-electron chi connectivity index (χ3n) is 4.88. The molecule has 0 spiro atoms. The molecule has 0 fully saturated rings. The predicted molar refractivity (Wildman–Crippen MR) is 121 cm³/mol. The summed E-state index contributed by atoms with van der Waals surface area (Å²) in [5.41, 5.74) is 9.61. The third kappa shape index (κ3) is 4.62. The van der Waals surface area contributed by atoms with Crippen LogP contribution in [0.2, 0.25) is 0 Å². The number of aliphatic hydroxyl groups is 1. The van der Waals surface area contributed by atoms with Gasteiger partial charge in [-0.25, -0.2) is 4.98 Å². The Hall–Kier alpha value is -4.12. The molecule has 4 aromatic rings. The molecule has 32 heavy (non-hydrogen) atoms. The number of aryl methyl sites for hydroxylation is 1. The van der Waals surface area contributed by atoms with Gasteiger partial charge in [-0.15, -0.1) is 0 Å². The minimum Gasteiger partial charge on any atom is -0.438 e. The van der Waals surface area contributed by atoms with Crippen LogP contribution in [0.15, 0.2) is 72.9 Å². The highest BCUT2D eigenvalue weighted by Crippen LogP contribution is 2.34. The maximum absolute atomic E-state index is 9.91. The summed E-state index contributed by atoms with van der Waals surface area (Å²) in [5, 5.41) is 19.3. The summed E-state index contributed by atoms with van der Waals surface area (Å²) in [6.07, 6.45) is 0.811. The topological polar surface area (TPSA) is 118 Å². The Bertz CT molecular complexity index is 1270. The first-order valence-corrected chi connectivity index (χ1v) is 10.0. The molecule has 0 aliphatic carbocycles. The SMILES string of the molecule is Cc1nc(Oc2cc(C#N)ccc2-c2ccc([C@H](O)CN)cn2)cc(-c2ccccc2)n1. The third-order valence-corrected chi connectivity index (χ3v) is 4.88. The molecule has 0 aliphatic rings. The van der Waals surface area contributed by atoms with Gasteiger partial charge in [0, 0.05) is 35.5 Å². The highest BCUT2D eigenvalue weighted by Gasteiger charge is 2.14. The number of benzene rings is 2. The van der Waals surface area contributed by atoms with Crippen LogP contribution in [0, 0.1) is 18.3 Å². The second-order valence-electron chi connectivity index (χ2n) is 7.16. The summed E-state index contributed by atoms with van der Waals surface area (Å²) in [5.74, 6) is 1.38.